The molecule has 1 saturated carbocycles. The fraction of sp³-hybridized carbons (Fsp3) is 0.393. The van der Waals surface area contributed by atoms with Crippen LogP contribution in [0.15, 0.2) is 54.7 Å². The van der Waals surface area contributed by atoms with Crippen LogP contribution in [-0.2, 0) is 6.54 Å². The lowest BCUT2D eigenvalue weighted by molar-refractivity contribution is 0.0178. The third-order valence-corrected chi connectivity index (χ3v) is 7.76. The van der Waals surface area contributed by atoms with E-state index < -0.39 is 5.97 Å². The number of carbonyl (C=O) groups is 1. The van der Waals surface area contributed by atoms with Gasteiger partial charge in [-0.15, -0.1) is 0 Å². The highest BCUT2D eigenvalue weighted by Gasteiger charge is 2.46. The van der Waals surface area contributed by atoms with Gasteiger partial charge in [0.05, 0.1) is 5.56 Å². The van der Waals surface area contributed by atoms with Crippen molar-refractivity contribution in [2.24, 2.45) is 5.41 Å². The third-order valence-electron chi connectivity index (χ3n) is 7.76. The first kappa shape index (κ1) is 21.8. The van der Waals surface area contributed by atoms with Crippen molar-refractivity contribution >= 4 is 22.6 Å². The Morgan fingerprint density at radius 3 is 2.61 bits per heavy atom. The summed E-state index contributed by atoms with van der Waals surface area (Å²) < 4.78 is 0. The number of hydrogen-bond donors (Lipinski definition) is 2. The number of fused-ring (bicyclic) bond motifs is 1. The molecule has 5 heteroatoms. The number of nitrogens with zero attached hydrogens (tertiary/aromatic N) is 2. The zero-order chi connectivity index (χ0) is 23.3. The molecule has 1 atom stereocenters. The number of H-pyrrole nitrogens is 1. The van der Waals surface area contributed by atoms with E-state index >= 15 is 0 Å². The van der Waals surface area contributed by atoms with Crippen LogP contribution in [0.5, 0.6) is 0 Å². The number of piperidine rings is 1. The molecule has 2 aromatic carbocycles. The number of benzene rings is 2. The molecule has 5 rings (SSSR count). The SMILES string of the molecule is C=C1CC2(CCN(Cc3c(N(C)C)cc(C)c4[nH]ccc34)[C@H](c3ccc(C(=O)O)cc3)C2)C1. The molecule has 3 aromatic rings. The Kier molecular flexibility index (Phi) is 5.32. The Hall–Kier alpha value is -3.05. The predicted octanol–water partition coefficient (Wildman–Crippen LogP) is 5.91. The standard InChI is InChI=1S/C28H33N3O2/c1-18-14-28(15-18)10-12-31(25(16-28)20-5-7-21(8-6-20)27(32)33)17-23-22-9-11-29-26(22)19(2)13-24(23)30(3)4/h5-9,11,13,25,29H,1,10,12,14-17H2,2-4H3,(H,32,33)/t25-/m0/s1. The van der Waals surface area contributed by atoms with Gasteiger partial charge in [-0.3, -0.25) is 4.90 Å². The van der Waals surface area contributed by atoms with Gasteiger partial charge in [-0.25, -0.2) is 4.79 Å². The molecule has 0 unspecified atom stereocenters. The van der Waals surface area contributed by atoms with Gasteiger partial charge in [0.1, 0.15) is 0 Å². The fourth-order valence-electron chi connectivity index (χ4n) is 6.09. The molecule has 2 N–H and O–H groups in total. The van der Waals surface area contributed by atoms with Crippen molar-refractivity contribution in [3.63, 3.8) is 0 Å². The first-order valence-corrected chi connectivity index (χ1v) is 11.8. The minimum Gasteiger partial charge on any atom is -0.478 e. The molecule has 2 heterocycles. The summed E-state index contributed by atoms with van der Waals surface area (Å²) in [6.07, 6.45) is 6.57. The highest BCUT2D eigenvalue weighted by Crippen LogP contribution is 2.56. The van der Waals surface area contributed by atoms with E-state index in [1.165, 1.54) is 45.3 Å². The van der Waals surface area contributed by atoms with E-state index in [0.29, 0.717) is 11.0 Å². The average Bonchev–Trinajstić information content (AvgIpc) is 3.26. The third kappa shape index (κ3) is 3.84. The Morgan fingerprint density at radius 1 is 1.24 bits per heavy atom. The molecule has 172 valence electrons. The molecule has 1 aromatic heterocycles. The van der Waals surface area contributed by atoms with Crippen LogP contribution in [0.1, 0.15) is 58.8 Å². The highest BCUT2D eigenvalue weighted by molar-refractivity contribution is 5.91. The fourth-order valence-corrected chi connectivity index (χ4v) is 6.09. The summed E-state index contributed by atoms with van der Waals surface area (Å²) in [4.78, 5) is 19.6. The minimum atomic E-state index is -0.876. The summed E-state index contributed by atoms with van der Waals surface area (Å²) in [5.41, 5.74) is 8.35. The number of rotatable bonds is 5. The lowest BCUT2D eigenvalue weighted by Gasteiger charge is -2.53. The monoisotopic (exact) mass is 443 g/mol. The molecule has 0 bridgehead atoms. The number of carboxylic acids is 1. The number of nitrogens with one attached hydrogen (secondary N) is 1. The number of aromatic carboxylic acids is 1. The number of hydrogen-bond acceptors (Lipinski definition) is 3. The molecular weight excluding hydrogens is 410 g/mol. The summed E-state index contributed by atoms with van der Waals surface area (Å²) in [5, 5.41) is 10.6. The van der Waals surface area contributed by atoms with Gasteiger partial charge in [0, 0.05) is 49.5 Å². The molecule has 33 heavy (non-hydrogen) atoms. The van der Waals surface area contributed by atoms with E-state index in [4.69, 9.17) is 0 Å². The summed E-state index contributed by atoms with van der Waals surface area (Å²) in [6, 6.07) is 12.3. The van der Waals surface area contributed by atoms with E-state index in [1.54, 1.807) is 12.1 Å². The number of aromatic nitrogens is 1. The van der Waals surface area contributed by atoms with Gasteiger partial charge in [0.15, 0.2) is 0 Å². The maximum Gasteiger partial charge on any atom is 0.335 e. The molecule has 0 radical (unpaired) electrons. The van der Waals surface area contributed by atoms with Crippen molar-refractivity contribution in [2.75, 3.05) is 25.5 Å². The van der Waals surface area contributed by atoms with Gasteiger partial charge in [-0.1, -0.05) is 24.3 Å². The number of aromatic amines is 1. The van der Waals surface area contributed by atoms with Gasteiger partial charge in [-0.2, -0.15) is 0 Å². The highest BCUT2D eigenvalue weighted by atomic mass is 16.4. The van der Waals surface area contributed by atoms with Crippen molar-refractivity contribution in [1.29, 1.82) is 0 Å². The van der Waals surface area contributed by atoms with Gasteiger partial charge < -0.3 is 15.0 Å². The molecule has 2 aliphatic rings. The quantitative estimate of drug-likeness (QED) is 0.481. The molecule has 1 aliphatic heterocycles. The summed E-state index contributed by atoms with van der Waals surface area (Å²) in [6.45, 7) is 8.27. The summed E-state index contributed by atoms with van der Waals surface area (Å²) >= 11 is 0. The second-order valence-corrected chi connectivity index (χ2v) is 10.3. The Morgan fingerprint density at radius 2 is 1.97 bits per heavy atom. The average molecular weight is 444 g/mol. The van der Waals surface area contributed by atoms with Crippen molar-refractivity contribution in [3.05, 3.63) is 77.0 Å². The van der Waals surface area contributed by atoms with Crippen LogP contribution in [0.25, 0.3) is 10.9 Å². The zero-order valence-corrected chi connectivity index (χ0v) is 19.8. The van der Waals surface area contributed by atoms with Crippen LogP contribution in [0.4, 0.5) is 5.69 Å². The van der Waals surface area contributed by atoms with E-state index in [0.717, 1.165) is 32.4 Å². The first-order chi connectivity index (χ1) is 15.8. The second kappa shape index (κ2) is 8.07. The normalized spacial score (nSPS) is 20.2. The van der Waals surface area contributed by atoms with Gasteiger partial charge in [0.2, 0.25) is 0 Å². The molecular formula is C28H33N3O2. The Balaban J connectivity index is 1.53. The Labute approximate surface area is 195 Å². The van der Waals surface area contributed by atoms with Crippen LogP contribution in [0, 0.1) is 12.3 Å². The minimum absolute atomic E-state index is 0.264. The molecule has 1 saturated heterocycles. The largest absolute Gasteiger partial charge is 0.478 e. The molecule has 1 spiro atoms. The van der Waals surface area contributed by atoms with Crippen molar-refractivity contribution in [3.8, 4) is 0 Å². The van der Waals surface area contributed by atoms with Crippen molar-refractivity contribution < 1.29 is 9.90 Å². The number of allylic oxidation sites excluding steroid dienone is 1. The summed E-state index contributed by atoms with van der Waals surface area (Å²) in [5.74, 6) is -0.876. The maximum absolute atomic E-state index is 11.4. The number of aryl methyl sites for hydroxylation is 1. The van der Waals surface area contributed by atoms with Gasteiger partial charge in [0.25, 0.3) is 0 Å². The van der Waals surface area contributed by atoms with E-state index in [1.807, 2.05) is 18.3 Å². The van der Waals surface area contributed by atoms with Crippen LogP contribution in [0.3, 0.4) is 0 Å². The van der Waals surface area contributed by atoms with Crippen molar-refractivity contribution in [2.45, 2.75) is 45.2 Å². The van der Waals surface area contributed by atoms with E-state index in [-0.39, 0.29) is 6.04 Å². The topological polar surface area (TPSA) is 59.6 Å². The molecule has 5 nitrogen and oxygen atoms in total. The zero-order valence-electron chi connectivity index (χ0n) is 19.8. The number of anilines is 1. The van der Waals surface area contributed by atoms with Crippen LogP contribution >= 0.6 is 0 Å². The van der Waals surface area contributed by atoms with Crippen LogP contribution in [0.2, 0.25) is 0 Å². The number of carboxylic acid groups (broad SMARTS) is 1. The Bertz CT molecular complexity index is 1210. The van der Waals surface area contributed by atoms with Crippen LogP contribution in [-0.4, -0.2) is 41.6 Å². The van der Waals surface area contributed by atoms with E-state index in [2.05, 4.69) is 54.5 Å². The van der Waals surface area contributed by atoms with Crippen molar-refractivity contribution in [1.82, 2.24) is 9.88 Å². The molecule has 1 aliphatic carbocycles. The van der Waals surface area contributed by atoms with E-state index in [9.17, 15) is 9.90 Å². The van der Waals surface area contributed by atoms with Gasteiger partial charge in [-0.05, 0) is 85.5 Å². The smallest absolute Gasteiger partial charge is 0.335 e. The molecule has 0 amide bonds. The lowest BCUT2D eigenvalue weighted by Crippen LogP contribution is -2.45. The second-order valence-electron chi connectivity index (χ2n) is 10.3. The molecule has 2 fully saturated rings. The maximum atomic E-state index is 11.4. The van der Waals surface area contributed by atoms with Crippen LogP contribution < -0.4 is 4.90 Å². The lowest BCUT2D eigenvalue weighted by atomic mass is 9.59. The first-order valence-electron chi connectivity index (χ1n) is 11.8. The number of likely N-dealkylation sites (tertiary alicyclic amines) is 1. The van der Waals surface area contributed by atoms with Gasteiger partial charge >= 0.3 is 5.97 Å². The predicted molar refractivity (Wildman–Crippen MR) is 134 cm³/mol. The summed E-state index contributed by atoms with van der Waals surface area (Å²) in [7, 11) is 4.23.